The van der Waals surface area contributed by atoms with Gasteiger partial charge in [-0.25, -0.2) is 0 Å². The number of benzene rings is 2. The molecule has 0 aliphatic heterocycles. The van der Waals surface area contributed by atoms with Crippen LogP contribution in [-0.2, 0) is 11.3 Å². The van der Waals surface area contributed by atoms with E-state index in [0.717, 1.165) is 16.7 Å². The van der Waals surface area contributed by atoms with Crippen LogP contribution in [0.1, 0.15) is 38.2 Å². The van der Waals surface area contributed by atoms with Gasteiger partial charge in [0.25, 0.3) is 0 Å². The van der Waals surface area contributed by atoms with Gasteiger partial charge in [0.1, 0.15) is 5.54 Å². The van der Waals surface area contributed by atoms with E-state index in [2.05, 4.69) is 0 Å². The van der Waals surface area contributed by atoms with E-state index in [4.69, 9.17) is 39.0 Å². The number of carbonyl (C=O) groups is 1. The largest absolute Gasteiger partial charge is 0.480 e. The fraction of sp³-hybridized carbons (Fsp3) is 0.435. The Balaban J connectivity index is 2.10. The smallest absolute Gasteiger partial charge is 0.451 e. The summed E-state index contributed by atoms with van der Waals surface area (Å²) in [4.78, 5) is 14.1. The van der Waals surface area contributed by atoms with Crippen LogP contribution in [0.15, 0.2) is 42.5 Å². The summed E-state index contributed by atoms with van der Waals surface area (Å²) < 4.78 is 0. The van der Waals surface area contributed by atoms with Crippen molar-refractivity contribution in [1.82, 2.24) is 4.90 Å². The average Bonchev–Trinajstić information content (AvgIpc) is 2.74. The van der Waals surface area contributed by atoms with E-state index in [9.17, 15) is 9.90 Å². The molecule has 0 fully saturated rings. The first kappa shape index (κ1) is 26.6. The number of aliphatic carboxylic acids is 1. The summed E-state index contributed by atoms with van der Waals surface area (Å²) in [5.41, 5.74) is 7.98. The summed E-state index contributed by atoms with van der Waals surface area (Å²) in [7, 11) is 0.492. The summed E-state index contributed by atoms with van der Waals surface area (Å²) in [5, 5.41) is 28.9. The number of hydrogen-bond donors (Lipinski definition) is 4. The van der Waals surface area contributed by atoms with Gasteiger partial charge in [-0.2, -0.15) is 0 Å². The Bertz CT molecular complexity index is 898. The fourth-order valence-corrected chi connectivity index (χ4v) is 4.40. The maximum atomic E-state index is 12.1. The van der Waals surface area contributed by atoms with Gasteiger partial charge in [0.2, 0.25) is 0 Å². The highest BCUT2D eigenvalue weighted by Gasteiger charge is 2.42. The standard InChI is InChI=1S/C23H31BCl2N2O4/c1-3-21(23(27,22(29)30)12-4-5-13-24(31)32)28(2)15-16-6-8-17(9-7-16)18-10-11-19(25)20(26)14-18/h6-11,14,21,31-32H,3-5,12-13,15,27H2,1-2H3,(H,29,30). The van der Waals surface area contributed by atoms with Crippen LogP contribution in [0, 0.1) is 0 Å². The summed E-state index contributed by atoms with van der Waals surface area (Å²) in [6.45, 7) is 2.47. The van der Waals surface area contributed by atoms with E-state index in [1.807, 2.05) is 55.3 Å². The molecule has 9 heteroatoms. The second kappa shape index (κ2) is 12.0. The van der Waals surface area contributed by atoms with E-state index in [1.54, 1.807) is 6.07 Å². The van der Waals surface area contributed by atoms with Crippen molar-refractivity contribution in [3.63, 3.8) is 0 Å². The van der Waals surface area contributed by atoms with Crippen molar-refractivity contribution >= 4 is 36.3 Å². The van der Waals surface area contributed by atoms with Crippen LogP contribution in [0.2, 0.25) is 16.4 Å². The first-order chi connectivity index (χ1) is 15.1. The number of halogens is 2. The summed E-state index contributed by atoms with van der Waals surface area (Å²) >= 11 is 12.1. The summed E-state index contributed by atoms with van der Waals surface area (Å²) in [6, 6.07) is 13.1. The molecule has 0 aromatic heterocycles. The molecule has 0 aliphatic rings. The van der Waals surface area contributed by atoms with Gasteiger partial charge >= 0.3 is 13.1 Å². The lowest BCUT2D eigenvalue weighted by molar-refractivity contribution is -0.146. The number of unbranched alkanes of at least 4 members (excludes halogenated alkanes) is 1. The molecule has 0 radical (unpaired) electrons. The minimum atomic E-state index is -1.43. The van der Waals surface area contributed by atoms with E-state index < -0.39 is 18.6 Å². The molecule has 2 aromatic carbocycles. The third-order valence-corrected chi connectivity index (χ3v) is 6.59. The molecule has 6 nitrogen and oxygen atoms in total. The highest BCUT2D eigenvalue weighted by atomic mass is 35.5. The van der Waals surface area contributed by atoms with Gasteiger partial charge in [-0.3, -0.25) is 9.69 Å². The normalized spacial score (nSPS) is 14.2. The molecular weight excluding hydrogens is 450 g/mol. The van der Waals surface area contributed by atoms with Crippen LogP contribution in [0.4, 0.5) is 0 Å². The highest BCUT2D eigenvalue weighted by Crippen LogP contribution is 2.29. The molecule has 0 saturated carbocycles. The van der Waals surface area contributed by atoms with Crippen molar-refractivity contribution in [3.8, 4) is 11.1 Å². The van der Waals surface area contributed by atoms with Crippen LogP contribution < -0.4 is 5.73 Å². The molecule has 2 aromatic rings. The fourth-order valence-electron chi connectivity index (χ4n) is 4.11. The molecule has 2 unspecified atom stereocenters. The van der Waals surface area contributed by atoms with Gasteiger partial charge in [-0.1, -0.05) is 73.3 Å². The van der Waals surface area contributed by atoms with Crippen LogP contribution in [0.25, 0.3) is 11.1 Å². The van der Waals surface area contributed by atoms with Crippen LogP contribution in [-0.4, -0.2) is 51.8 Å². The van der Waals surface area contributed by atoms with Gasteiger partial charge in [0.15, 0.2) is 0 Å². The second-order valence-corrected chi connectivity index (χ2v) is 9.05. The SMILES string of the molecule is CCC(N(C)Cc1ccc(-c2ccc(Cl)c(Cl)c2)cc1)C(N)(CCCCB(O)O)C(=O)O. The Morgan fingerprint density at radius 2 is 1.72 bits per heavy atom. The minimum Gasteiger partial charge on any atom is -0.480 e. The number of hydrogen-bond acceptors (Lipinski definition) is 5. The van der Waals surface area contributed by atoms with E-state index in [0.29, 0.717) is 35.9 Å². The van der Waals surface area contributed by atoms with E-state index in [1.165, 1.54) is 0 Å². The molecule has 0 spiro atoms. The van der Waals surface area contributed by atoms with E-state index in [-0.39, 0.29) is 18.8 Å². The Kier molecular flexibility index (Phi) is 10.0. The predicted octanol–water partition coefficient (Wildman–Crippen LogP) is 4.30. The van der Waals surface area contributed by atoms with Gasteiger partial charge < -0.3 is 20.9 Å². The maximum Gasteiger partial charge on any atom is 0.451 e. The Labute approximate surface area is 200 Å². The number of carboxylic acid groups (broad SMARTS) is 1. The molecule has 2 rings (SSSR count). The third-order valence-electron chi connectivity index (χ3n) is 5.85. The minimum absolute atomic E-state index is 0.202. The molecule has 0 bridgehead atoms. The number of nitrogens with two attached hydrogens (primary N) is 1. The number of carboxylic acids is 1. The number of nitrogens with zero attached hydrogens (tertiary/aromatic N) is 1. The molecule has 174 valence electrons. The van der Waals surface area contributed by atoms with Crippen LogP contribution in [0.3, 0.4) is 0 Å². The molecule has 0 aliphatic carbocycles. The summed E-state index contributed by atoms with van der Waals surface area (Å²) in [5.74, 6) is -1.05. The Morgan fingerprint density at radius 1 is 1.09 bits per heavy atom. The van der Waals surface area contributed by atoms with Crippen molar-refractivity contribution < 1.29 is 19.9 Å². The zero-order valence-corrected chi connectivity index (χ0v) is 20.0. The van der Waals surface area contributed by atoms with Crippen molar-refractivity contribution in [2.75, 3.05) is 7.05 Å². The number of rotatable bonds is 12. The first-order valence-electron chi connectivity index (χ1n) is 10.7. The van der Waals surface area contributed by atoms with E-state index >= 15 is 0 Å². The topological polar surface area (TPSA) is 107 Å². The molecule has 0 saturated heterocycles. The molecule has 5 N–H and O–H groups in total. The van der Waals surface area contributed by atoms with Crippen molar-refractivity contribution in [1.29, 1.82) is 0 Å². The summed E-state index contributed by atoms with van der Waals surface area (Å²) in [6.07, 6.45) is 2.04. The van der Waals surface area contributed by atoms with Gasteiger partial charge in [-0.15, -0.1) is 0 Å². The Hall–Kier alpha value is -1.61. The molecule has 32 heavy (non-hydrogen) atoms. The molecule has 2 atom stereocenters. The molecular formula is C23H31BCl2N2O4. The Morgan fingerprint density at radius 3 is 2.25 bits per heavy atom. The van der Waals surface area contributed by atoms with Crippen molar-refractivity contribution in [2.45, 2.75) is 57.1 Å². The first-order valence-corrected chi connectivity index (χ1v) is 11.5. The lowest BCUT2D eigenvalue weighted by Crippen LogP contribution is -2.62. The van der Waals surface area contributed by atoms with Crippen molar-refractivity contribution in [2.24, 2.45) is 5.73 Å². The van der Waals surface area contributed by atoms with Crippen LogP contribution in [0.5, 0.6) is 0 Å². The monoisotopic (exact) mass is 480 g/mol. The zero-order valence-electron chi connectivity index (χ0n) is 18.5. The predicted molar refractivity (Wildman–Crippen MR) is 131 cm³/mol. The molecule has 0 heterocycles. The quantitative estimate of drug-likeness (QED) is 0.266. The zero-order chi connectivity index (χ0) is 23.9. The lowest BCUT2D eigenvalue weighted by atomic mass is 9.79. The van der Waals surface area contributed by atoms with Crippen LogP contribution >= 0.6 is 23.2 Å². The highest BCUT2D eigenvalue weighted by molar-refractivity contribution is 6.42. The van der Waals surface area contributed by atoms with Crippen molar-refractivity contribution in [3.05, 3.63) is 58.1 Å². The third kappa shape index (κ3) is 6.94. The van der Waals surface area contributed by atoms with Gasteiger partial charge in [-0.05, 0) is 55.0 Å². The number of likely N-dealkylation sites (N-methyl/N-ethyl adjacent to an activating group) is 1. The van der Waals surface area contributed by atoms with Gasteiger partial charge in [0, 0.05) is 12.6 Å². The lowest BCUT2D eigenvalue weighted by Gasteiger charge is -2.39. The van der Waals surface area contributed by atoms with Gasteiger partial charge in [0.05, 0.1) is 10.0 Å². The average molecular weight is 481 g/mol. The maximum absolute atomic E-state index is 12.1. The second-order valence-electron chi connectivity index (χ2n) is 8.24. The molecule has 0 amide bonds.